The molecule has 0 saturated heterocycles. The van der Waals surface area contributed by atoms with Gasteiger partial charge in [-0.2, -0.15) is 0 Å². The highest BCUT2D eigenvalue weighted by molar-refractivity contribution is 7.14. The van der Waals surface area contributed by atoms with Crippen molar-refractivity contribution < 1.29 is 18.4 Å². The first-order valence-electron chi connectivity index (χ1n) is 9.48. The van der Waals surface area contributed by atoms with E-state index in [9.17, 15) is 18.4 Å². The predicted molar refractivity (Wildman–Crippen MR) is 112 cm³/mol. The predicted octanol–water partition coefficient (Wildman–Crippen LogP) is 5.11. The van der Waals surface area contributed by atoms with Crippen molar-refractivity contribution >= 4 is 34.0 Å². The maximum absolute atomic E-state index is 14.5. The van der Waals surface area contributed by atoms with Crippen molar-refractivity contribution in [3.8, 4) is 11.3 Å². The standard InChI is InChI=1S/C22H19F2N3O2S/c1-13(28)25-16-7-8-17(18(24)11-16)19-12-30-21(26-19)27-20(29)22(9-2-10-22)14-3-5-15(23)6-4-14/h3-8,11-12H,2,9-10H2,1H3,(H,25,28)(H,26,27,29). The molecule has 1 fully saturated rings. The lowest BCUT2D eigenvalue weighted by Crippen LogP contribution is -2.46. The van der Waals surface area contributed by atoms with Crippen LogP contribution >= 0.6 is 11.3 Å². The zero-order valence-corrected chi connectivity index (χ0v) is 17.0. The van der Waals surface area contributed by atoms with Gasteiger partial charge in [-0.3, -0.25) is 9.59 Å². The summed E-state index contributed by atoms with van der Waals surface area (Å²) in [5.74, 6) is -1.34. The highest BCUT2D eigenvalue weighted by Crippen LogP contribution is 2.45. The normalized spacial score (nSPS) is 14.6. The summed E-state index contributed by atoms with van der Waals surface area (Å²) in [7, 11) is 0. The van der Waals surface area contributed by atoms with Gasteiger partial charge in [0.2, 0.25) is 11.8 Å². The van der Waals surface area contributed by atoms with Crippen molar-refractivity contribution in [1.82, 2.24) is 4.98 Å². The molecule has 0 aliphatic heterocycles. The van der Waals surface area contributed by atoms with E-state index in [1.807, 2.05) is 0 Å². The Balaban J connectivity index is 1.52. The number of benzene rings is 2. The zero-order valence-electron chi connectivity index (χ0n) is 16.2. The number of aromatic nitrogens is 1. The summed E-state index contributed by atoms with van der Waals surface area (Å²) in [5, 5.41) is 7.40. The molecule has 0 atom stereocenters. The van der Waals surface area contributed by atoms with Gasteiger partial charge in [-0.1, -0.05) is 18.6 Å². The molecule has 1 aromatic heterocycles. The first-order chi connectivity index (χ1) is 14.4. The summed E-state index contributed by atoms with van der Waals surface area (Å²) in [5.41, 5.74) is 1.12. The molecule has 8 heteroatoms. The summed E-state index contributed by atoms with van der Waals surface area (Å²) < 4.78 is 27.7. The molecule has 1 aliphatic rings. The van der Waals surface area contributed by atoms with Crippen LogP contribution in [0.4, 0.5) is 19.6 Å². The molecule has 2 N–H and O–H groups in total. The number of amides is 2. The van der Waals surface area contributed by atoms with Gasteiger partial charge in [0.15, 0.2) is 5.13 Å². The Kier molecular flexibility index (Phi) is 5.34. The number of nitrogens with zero attached hydrogens (tertiary/aromatic N) is 1. The van der Waals surface area contributed by atoms with E-state index in [1.165, 1.54) is 42.5 Å². The third-order valence-corrected chi connectivity index (χ3v) is 6.09. The van der Waals surface area contributed by atoms with Crippen LogP contribution in [0.5, 0.6) is 0 Å². The Morgan fingerprint density at radius 1 is 1.07 bits per heavy atom. The van der Waals surface area contributed by atoms with Crippen molar-refractivity contribution in [2.45, 2.75) is 31.6 Å². The fourth-order valence-corrected chi connectivity index (χ4v) is 4.33. The van der Waals surface area contributed by atoms with Crippen LogP contribution in [0, 0.1) is 11.6 Å². The highest BCUT2D eigenvalue weighted by atomic mass is 32.1. The molecule has 3 aromatic rings. The average Bonchev–Trinajstić information content (AvgIpc) is 3.10. The lowest BCUT2D eigenvalue weighted by molar-refractivity contribution is -0.124. The SMILES string of the molecule is CC(=O)Nc1ccc(-c2csc(NC(=O)C3(c4ccc(F)cc4)CCC3)n2)c(F)c1. The second-order valence-electron chi connectivity index (χ2n) is 7.31. The summed E-state index contributed by atoms with van der Waals surface area (Å²) in [4.78, 5) is 28.5. The third kappa shape index (κ3) is 3.82. The number of nitrogens with one attached hydrogen (secondary N) is 2. The minimum absolute atomic E-state index is 0.192. The van der Waals surface area contributed by atoms with Crippen molar-refractivity contribution in [2.24, 2.45) is 0 Å². The summed E-state index contributed by atoms with van der Waals surface area (Å²) in [6, 6.07) is 10.4. The van der Waals surface area contributed by atoms with Gasteiger partial charge < -0.3 is 10.6 Å². The van der Waals surface area contributed by atoms with E-state index in [-0.39, 0.29) is 23.2 Å². The quantitative estimate of drug-likeness (QED) is 0.595. The Bertz CT molecular complexity index is 1110. The van der Waals surface area contributed by atoms with Gasteiger partial charge in [0.25, 0.3) is 0 Å². The van der Waals surface area contributed by atoms with Crippen LogP contribution in [0.25, 0.3) is 11.3 Å². The van der Waals surface area contributed by atoms with E-state index in [0.717, 1.165) is 12.0 Å². The molecule has 1 aliphatic carbocycles. The molecule has 0 spiro atoms. The molecule has 0 bridgehead atoms. The maximum atomic E-state index is 14.5. The molecule has 1 heterocycles. The van der Waals surface area contributed by atoms with Crippen LogP contribution in [-0.4, -0.2) is 16.8 Å². The second kappa shape index (κ2) is 7.95. The number of halogens is 2. The molecule has 2 amide bonds. The number of carbonyl (C=O) groups is 2. The number of hydrogen-bond acceptors (Lipinski definition) is 4. The van der Waals surface area contributed by atoms with Gasteiger partial charge in [-0.25, -0.2) is 13.8 Å². The molecule has 0 radical (unpaired) electrons. The van der Waals surface area contributed by atoms with E-state index in [1.54, 1.807) is 23.6 Å². The Labute approximate surface area is 176 Å². The molecule has 30 heavy (non-hydrogen) atoms. The molecular formula is C22H19F2N3O2S. The molecule has 2 aromatic carbocycles. The van der Waals surface area contributed by atoms with Gasteiger partial charge in [0, 0.05) is 23.6 Å². The van der Waals surface area contributed by atoms with Crippen LogP contribution < -0.4 is 10.6 Å². The van der Waals surface area contributed by atoms with Gasteiger partial charge in [0.05, 0.1) is 11.1 Å². The van der Waals surface area contributed by atoms with Crippen molar-refractivity contribution in [2.75, 3.05) is 10.6 Å². The van der Waals surface area contributed by atoms with Crippen molar-refractivity contribution in [3.63, 3.8) is 0 Å². The smallest absolute Gasteiger partial charge is 0.236 e. The van der Waals surface area contributed by atoms with E-state index in [0.29, 0.717) is 29.4 Å². The highest BCUT2D eigenvalue weighted by Gasteiger charge is 2.45. The molecule has 0 unspecified atom stereocenters. The van der Waals surface area contributed by atoms with Crippen molar-refractivity contribution in [3.05, 3.63) is 65.0 Å². The molecular weight excluding hydrogens is 408 g/mol. The number of anilines is 2. The van der Waals surface area contributed by atoms with Crippen LogP contribution in [-0.2, 0) is 15.0 Å². The largest absolute Gasteiger partial charge is 0.326 e. The Hall–Kier alpha value is -3.13. The number of hydrogen-bond donors (Lipinski definition) is 2. The van der Waals surface area contributed by atoms with Gasteiger partial charge >= 0.3 is 0 Å². The first-order valence-corrected chi connectivity index (χ1v) is 10.4. The minimum atomic E-state index is -0.690. The average molecular weight is 427 g/mol. The summed E-state index contributed by atoms with van der Waals surface area (Å²) >= 11 is 1.21. The Morgan fingerprint density at radius 3 is 2.40 bits per heavy atom. The summed E-state index contributed by atoms with van der Waals surface area (Å²) in [6.45, 7) is 1.35. The van der Waals surface area contributed by atoms with E-state index in [2.05, 4.69) is 15.6 Å². The monoisotopic (exact) mass is 427 g/mol. The van der Waals surface area contributed by atoms with E-state index in [4.69, 9.17) is 0 Å². The molecule has 4 rings (SSSR count). The Morgan fingerprint density at radius 2 is 1.80 bits per heavy atom. The fraction of sp³-hybridized carbons (Fsp3) is 0.227. The fourth-order valence-electron chi connectivity index (χ4n) is 3.62. The lowest BCUT2D eigenvalue weighted by atomic mass is 9.64. The van der Waals surface area contributed by atoms with E-state index >= 15 is 0 Å². The van der Waals surface area contributed by atoms with Crippen LogP contribution in [0.2, 0.25) is 0 Å². The minimum Gasteiger partial charge on any atom is -0.326 e. The number of thiazole rings is 1. The van der Waals surface area contributed by atoms with E-state index < -0.39 is 11.2 Å². The van der Waals surface area contributed by atoms with Crippen LogP contribution in [0.15, 0.2) is 47.8 Å². The van der Waals surface area contributed by atoms with Gasteiger partial charge in [0.1, 0.15) is 11.6 Å². The maximum Gasteiger partial charge on any atom is 0.236 e. The number of carbonyl (C=O) groups excluding carboxylic acids is 2. The van der Waals surface area contributed by atoms with Crippen LogP contribution in [0.1, 0.15) is 31.7 Å². The number of rotatable bonds is 5. The summed E-state index contributed by atoms with van der Waals surface area (Å²) in [6.07, 6.45) is 2.28. The lowest BCUT2D eigenvalue weighted by Gasteiger charge is -2.40. The van der Waals surface area contributed by atoms with Crippen molar-refractivity contribution in [1.29, 1.82) is 0 Å². The third-order valence-electron chi connectivity index (χ3n) is 5.33. The topological polar surface area (TPSA) is 71.1 Å². The van der Waals surface area contributed by atoms with Gasteiger partial charge in [-0.15, -0.1) is 11.3 Å². The van der Waals surface area contributed by atoms with Crippen LogP contribution in [0.3, 0.4) is 0 Å². The zero-order chi connectivity index (χ0) is 21.3. The molecule has 5 nitrogen and oxygen atoms in total. The molecule has 154 valence electrons. The first kappa shape index (κ1) is 20.2. The van der Waals surface area contributed by atoms with Gasteiger partial charge in [-0.05, 0) is 48.7 Å². The molecule has 1 saturated carbocycles. The second-order valence-corrected chi connectivity index (χ2v) is 8.17.